The van der Waals surface area contributed by atoms with Crippen molar-refractivity contribution in [3.05, 3.63) is 0 Å². The molecule has 1 rings (SSSR count). The Morgan fingerprint density at radius 3 is 2.67 bits per heavy atom. The van der Waals surface area contributed by atoms with Crippen LogP contribution in [0.3, 0.4) is 0 Å². The summed E-state index contributed by atoms with van der Waals surface area (Å²) in [5.74, 6) is 0. The van der Waals surface area contributed by atoms with E-state index in [9.17, 15) is 0 Å². The van der Waals surface area contributed by atoms with Gasteiger partial charge in [0.15, 0.2) is 0 Å². The largest absolute Gasteiger partial charge is 0.383 e. The third kappa shape index (κ3) is 2.19. The maximum atomic E-state index is 5.32. The lowest BCUT2D eigenvalue weighted by Gasteiger charge is -2.20. The van der Waals surface area contributed by atoms with Crippen molar-refractivity contribution in [3.63, 3.8) is 0 Å². The lowest BCUT2D eigenvalue weighted by Crippen LogP contribution is -2.32. The van der Waals surface area contributed by atoms with Gasteiger partial charge < -0.3 is 9.47 Å². The van der Waals surface area contributed by atoms with E-state index in [4.69, 9.17) is 9.47 Å². The van der Waals surface area contributed by atoms with Gasteiger partial charge in [0.1, 0.15) is 0 Å². The first-order valence-electron chi connectivity index (χ1n) is 4.57. The van der Waals surface area contributed by atoms with Gasteiger partial charge in [-0.15, -0.1) is 0 Å². The molecule has 0 aromatic heterocycles. The molecule has 1 saturated heterocycles. The van der Waals surface area contributed by atoms with Crippen LogP contribution in [-0.2, 0) is 9.47 Å². The van der Waals surface area contributed by atoms with Crippen LogP contribution in [0.4, 0.5) is 0 Å². The second kappa shape index (κ2) is 4.80. The first-order valence-corrected chi connectivity index (χ1v) is 4.57. The van der Waals surface area contributed by atoms with Gasteiger partial charge in [-0.3, -0.25) is 4.90 Å². The average Bonchev–Trinajstić information content (AvgIpc) is 2.48. The highest BCUT2D eigenvalue weighted by atomic mass is 16.5. The molecule has 3 heteroatoms. The zero-order valence-corrected chi connectivity index (χ0v) is 8.25. The number of hydrogen-bond acceptors (Lipinski definition) is 3. The highest BCUT2D eigenvalue weighted by Crippen LogP contribution is 2.19. The number of rotatable bonds is 4. The molecule has 2 atom stereocenters. The number of nitrogens with zero attached hydrogens (tertiary/aromatic N) is 1. The third-order valence-corrected chi connectivity index (χ3v) is 2.59. The Bertz CT molecular complexity index is 130. The molecule has 0 amide bonds. The summed E-state index contributed by atoms with van der Waals surface area (Å²) in [7, 11) is 3.54. The van der Waals surface area contributed by atoms with Crippen LogP contribution in [0.25, 0.3) is 0 Å². The van der Waals surface area contributed by atoms with Gasteiger partial charge in [-0.1, -0.05) is 6.92 Å². The smallest absolute Gasteiger partial charge is 0.0714 e. The first kappa shape index (κ1) is 9.96. The number of methoxy groups -OCH3 is 2. The second-order valence-corrected chi connectivity index (χ2v) is 3.29. The molecule has 0 unspecified atom stereocenters. The summed E-state index contributed by atoms with van der Waals surface area (Å²) in [4.78, 5) is 2.41. The summed E-state index contributed by atoms with van der Waals surface area (Å²) in [6, 6.07) is 0.560. The van der Waals surface area contributed by atoms with Crippen molar-refractivity contribution in [2.24, 2.45) is 0 Å². The van der Waals surface area contributed by atoms with E-state index in [1.807, 2.05) is 0 Å². The van der Waals surface area contributed by atoms with Crippen LogP contribution in [0.1, 0.15) is 13.3 Å². The lowest BCUT2D eigenvalue weighted by atomic mass is 10.2. The fraction of sp³-hybridized carbons (Fsp3) is 1.00. The second-order valence-electron chi connectivity index (χ2n) is 3.29. The van der Waals surface area contributed by atoms with Gasteiger partial charge in [0.2, 0.25) is 0 Å². The monoisotopic (exact) mass is 173 g/mol. The third-order valence-electron chi connectivity index (χ3n) is 2.59. The highest BCUT2D eigenvalue weighted by Gasteiger charge is 2.30. The Kier molecular flexibility index (Phi) is 3.98. The van der Waals surface area contributed by atoms with Crippen LogP contribution in [0.2, 0.25) is 0 Å². The molecular weight excluding hydrogens is 154 g/mol. The van der Waals surface area contributed by atoms with Crippen molar-refractivity contribution in [1.82, 2.24) is 4.90 Å². The van der Waals surface area contributed by atoms with Crippen molar-refractivity contribution in [2.75, 3.05) is 33.9 Å². The molecule has 1 aliphatic rings. The van der Waals surface area contributed by atoms with Crippen molar-refractivity contribution >= 4 is 0 Å². The van der Waals surface area contributed by atoms with Crippen LogP contribution >= 0.6 is 0 Å². The average molecular weight is 173 g/mol. The molecule has 1 fully saturated rings. The summed E-state index contributed by atoms with van der Waals surface area (Å²) < 4.78 is 10.5. The molecule has 0 aliphatic carbocycles. The molecule has 1 heterocycles. The van der Waals surface area contributed by atoms with Gasteiger partial charge in [-0.2, -0.15) is 0 Å². The minimum Gasteiger partial charge on any atom is -0.383 e. The van der Waals surface area contributed by atoms with Crippen molar-refractivity contribution in [3.8, 4) is 0 Å². The van der Waals surface area contributed by atoms with Gasteiger partial charge in [-0.05, 0) is 13.0 Å². The van der Waals surface area contributed by atoms with Crippen LogP contribution in [0.5, 0.6) is 0 Å². The standard InChI is InChI=1S/C9H19NO2/c1-4-10-6-9(12-3)5-8(10)7-11-2/h8-9H,4-7H2,1-3H3/t8-,9+/m0/s1. The normalized spacial score (nSPS) is 31.2. The van der Waals surface area contributed by atoms with Gasteiger partial charge in [0.25, 0.3) is 0 Å². The highest BCUT2D eigenvalue weighted by molar-refractivity contribution is 4.84. The first-order chi connectivity index (χ1) is 5.81. The molecule has 0 N–H and O–H groups in total. The Hall–Kier alpha value is -0.120. The summed E-state index contributed by atoms with van der Waals surface area (Å²) in [6.07, 6.45) is 1.52. The maximum absolute atomic E-state index is 5.32. The Labute approximate surface area is 74.6 Å². The van der Waals surface area contributed by atoms with E-state index in [1.54, 1.807) is 14.2 Å². The summed E-state index contributed by atoms with van der Waals surface area (Å²) in [5.41, 5.74) is 0. The molecule has 0 radical (unpaired) electrons. The zero-order chi connectivity index (χ0) is 8.97. The number of hydrogen-bond donors (Lipinski definition) is 0. The van der Waals surface area contributed by atoms with E-state index >= 15 is 0 Å². The van der Waals surface area contributed by atoms with Gasteiger partial charge >= 0.3 is 0 Å². The molecule has 0 spiro atoms. The minimum atomic E-state index is 0.408. The molecule has 1 aliphatic heterocycles. The van der Waals surface area contributed by atoms with Gasteiger partial charge in [0.05, 0.1) is 12.7 Å². The van der Waals surface area contributed by atoms with E-state index in [2.05, 4.69) is 11.8 Å². The molecule has 0 bridgehead atoms. The van der Waals surface area contributed by atoms with E-state index < -0.39 is 0 Å². The summed E-state index contributed by atoms with van der Waals surface area (Å²) in [6.45, 7) is 5.16. The van der Waals surface area contributed by atoms with E-state index in [0.717, 1.165) is 26.1 Å². The molecule has 72 valence electrons. The fourth-order valence-electron chi connectivity index (χ4n) is 1.86. The zero-order valence-electron chi connectivity index (χ0n) is 8.25. The predicted molar refractivity (Wildman–Crippen MR) is 48.3 cm³/mol. The number of likely N-dealkylation sites (N-methyl/N-ethyl adjacent to an activating group) is 1. The molecule has 0 aromatic carbocycles. The fourth-order valence-corrected chi connectivity index (χ4v) is 1.86. The molecule has 3 nitrogen and oxygen atoms in total. The van der Waals surface area contributed by atoms with E-state index in [1.165, 1.54) is 0 Å². The van der Waals surface area contributed by atoms with Gasteiger partial charge in [-0.25, -0.2) is 0 Å². The molecule has 0 saturated carbocycles. The molecule has 12 heavy (non-hydrogen) atoms. The van der Waals surface area contributed by atoms with Gasteiger partial charge in [0, 0.05) is 26.8 Å². The van der Waals surface area contributed by atoms with Crippen LogP contribution in [-0.4, -0.2) is 51.0 Å². The SMILES string of the molecule is CCN1C[C@H](OC)C[C@H]1COC. The van der Waals surface area contributed by atoms with Crippen molar-refractivity contribution in [2.45, 2.75) is 25.5 Å². The lowest BCUT2D eigenvalue weighted by molar-refractivity contribution is 0.109. The summed E-state index contributed by atoms with van der Waals surface area (Å²) in [5, 5.41) is 0. The summed E-state index contributed by atoms with van der Waals surface area (Å²) >= 11 is 0. The predicted octanol–water partition coefficient (Wildman–Crippen LogP) is 0.742. The van der Waals surface area contributed by atoms with Crippen LogP contribution < -0.4 is 0 Å². The van der Waals surface area contributed by atoms with Crippen LogP contribution in [0.15, 0.2) is 0 Å². The molecule has 0 aromatic rings. The Balaban J connectivity index is 2.39. The molecular formula is C9H19NO2. The van der Waals surface area contributed by atoms with E-state index in [0.29, 0.717) is 12.1 Å². The van der Waals surface area contributed by atoms with Crippen molar-refractivity contribution < 1.29 is 9.47 Å². The quantitative estimate of drug-likeness (QED) is 0.626. The number of ether oxygens (including phenoxy) is 2. The van der Waals surface area contributed by atoms with Crippen molar-refractivity contribution in [1.29, 1.82) is 0 Å². The van der Waals surface area contributed by atoms with E-state index in [-0.39, 0.29) is 0 Å². The minimum absolute atomic E-state index is 0.408. The Morgan fingerprint density at radius 1 is 1.42 bits per heavy atom. The number of likely N-dealkylation sites (tertiary alicyclic amines) is 1. The Morgan fingerprint density at radius 2 is 2.17 bits per heavy atom. The van der Waals surface area contributed by atoms with Crippen LogP contribution in [0, 0.1) is 0 Å². The topological polar surface area (TPSA) is 21.7 Å². The maximum Gasteiger partial charge on any atom is 0.0714 e.